The predicted molar refractivity (Wildman–Crippen MR) is 122 cm³/mol. The molecular formula is C24H29NO6S. The lowest BCUT2D eigenvalue weighted by atomic mass is 10.0. The molecule has 1 atom stereocenters. The second-order valence-electron chi connectivity index (χ2n) is 7.43. The molecule has 8 heteroatoms. The fourth-order valence-corrected chi connectivity index (χ4v) is 3.94. The van der Waals surface area contributed by atoms with Crippen LogP contribution < -0.4 is 4.74 Å². The van der Waals surface area contributed by atoms with E-state index in [1.807, 2.05) is 68.4 Å². The van der Waals surface area contributed by atoms with Crippen LogP contribution in [0.25, 0.3) is 11.5 Å². The third-order valence-corrected chi connectivity index (χ3v) is 5.81. The largest absolute Gasteiger partial charge is 0.493 e. The van der Waals surface area contributed by atoms with Crippen molar-refractivity contribution in [2.45, 2.75) is 39.2 Å². The molecule has 1 aromatic heterocycles. The van der Waals surface area contributed by atoms with Crippen molar-refractivity contribution in [2.24, 2.45) is 0 Å². The zero-order valence-corrected chi connectivity index (χ0v) is 19.2. The van der Waals surface area contributed by atoms with Gasteiger partial charge in [0.1, 0.15) is 11.5 Å². The Morgan fingerprint density at radius 3 is 2.47 bits per heavy atom. The Morgan fingerprint density at radius 2 is 1.81 bits per heavy atom. The Morgan fingerprint density at radius 1 is 1.09 bits per heavy atom. The third kappa shape index (κ3) is 7.19. The summed E-state index contributed by atoms with van der Waals surface area (Å²) >= 11 is 0. The van der Waals surface area contributed by atoms with Crippen LogP contribution in [0.4, 0.5) is 0 Å². The molecule has 0 aliphatic carbocycles. The van der Waals surface area contributed by atoms with Gasteiger partial charge in [-0.05, 0) is 56.5 Å². The molecule has 3 aromatic rings. The molecule has 0 aliphatic rings. The fraction of sp³-hybridized carbons (Fsp3) is 0.375. The zero-order valence-electron chi connectivity index (χ0n) is 18.4. The average Bonchev–Trinajstić information content (AvgIpc) is 3.14. The Hall–Kier alpha value is -2.68. The first kappa shape index (κ1) is 24.0. The second-order valence-corrected chi connectivity index (χ2v) is 9.00. The van der Waals surface area contributed by atoms with Gasteiger partial charge in [0.15, 0.2) is 0 Å². The van der Waals surface area contributed by atoms with Gasteiger partial charge in [-0.3, -0.25) is 4.55 Å². The summed E-state index contributed by atoms with van der Waals surface area (Å²) in [5.74, 6) is 1.85. The number of aryl methyl sites for hydroxylation is 1. The molecule has 0 aliphatic heterocycles. The zero-order chi connectivity index (χ0) is 23.0. The molecule has 3 rings (SSSR count). The first-order valence-electron chi connectivity index (χ1n) is 10.7. The number of rotatable bonds is 12. The van der Waals surface area contributed by atoms with Crippen LogP contribution in [0.2, 0.25) is 0 Å². The highest BCUT2D eigenvalue weighted by molar-refractivity contribution is 7.85. The van der Waals surface area contributed by atoms with Crippen molar-refractivity contribution in [3.63, 3.8) is 0 Å². The first-order chi connectivity index (χ1) is 15.4. The molecule has 0 bridgehead atoms. The summed E-state index contributed by atoms with van der Waals surface area (Å²) in [6, 6.07) is 17.4. The van der Waals surface area contributed by atoms with Gasteiger partial charge in [-0.15, -0.1) is 0 Å². The number of aromatic nitrogens is 1. The van der Waals surface area contributed by atoms with Gasteiger partial charge >= 0.3 is 0 Å². The van der Waals surface area contributed by atoms with Crippen LogP contribution in [0.5, 0.6) is 5.75 Å². The summed E-state index contributed by atoms with van der Waals surface area (Å²) in [5.41, 5.74) is 2.75. The number of benzene rings is 2. The molecule has 0 radical (unpaired) electrons. The van der Waals surface area contributed by atoms with Crippen LogP contribution in [0.15, 0.2) is 59.0 Å². The van der Waals surface area contributed by atoms with E-state index in [0.29, 0.717) is 38.4 Å². The molecule has 32 heavy (non-hydrogen) atoms. The average molecular weight is 460 g/mol. The highest BCUT2D eigenvalue weighted by atomic mass is 32.2. The molecule has 0 saturated carbocycles. The van der Waals surface area contributed by atoms with Gasteiger partial charge < -0.3 is 13.9 Å². The maximum absolute atomic E-state index is 10.9. The van der Waals surface area contributed by atoms with Crippen molar-refractivity contribution in [1.29, 1.82) is 0 Å². The van der Waals surface area contributed by atoms with E-state index >= 15 is 0 Å². The maximum atomic E-state index is 10.9. The van der Waals surface area contributed by atoms with E-state index in [0.717, 1.165) is 28.3 Å². The molecule has 0 amide bonds. The van der Waals surface area contributed by atoms with E-state index in [4.69, 9.17) is 18.4 Å². The van der Waals surface area contributed by atoms with Crippen molar-refractivity contribution in [2.75, 3.05) is 19.0 Å². The summed E-state index contributed by atoms with van der Waals surface area (Å²) in [6.45, 7) is 4.77. The van der Waals surface area contributed by atoms with Gasteiger partial charge in [0.25, 0.3) is 10.1 Å². The van der Waals surface area contributed by atoms with Crippen molar-refractivity contribution in [3.8, 4) is 17.2 Å². The van der Waals surface area contributed by atoms with E-state index < -0.39 is 10.1 Å². The molecule has 0 saturated heterocycles. The molecular weight excluding hydrogens is 430 g/mol. The lowest BCUT2D eigenvalue weighted by Gasteiger charge is -2.17. The standard InChI is InChI=1S/C24H29NO6S/c1-3-29-23(10-7-17-32(26,27)28)19-11-13-21(14-12-19)30-16-15-22-18(2)31-24(25-22)20-8-5-4-6-9-20/h4-6,8-9,11-14,23H,3,7,10,15-17H2,1-2H3,(H,26,27,28). The maximum Gasteiger partial charge on any atom is 0.264 e. The van der Waals surface area contributed by atoms with Gasteiger partial charge in [0, 0.05) is 18.6 Å². The number of oxazole rings is 1. The number of nitrogens with zero attached hydrogens (tertiary/aromatic N) is 1. The molecule has 2 aromatic carbocycles. The second kappa shape index (κ2) is 11.3. The molecule has 1 N–H and O–H groups in total. The van der Waals surface area contributed by atoms with Gasteiger partial charge in [0.05, 0.1) is 24.2 Å². The van der Waals surface area contributed by atoms with E-state index in [9.17, 15) is 8.42 Å². The smallest absolute Gasteiger partial charge is 0.264 e. The molecule has 0 fully saturated rings. The van der Waals surface area contributed by atoms with Crippen LogP contribution in [0.1, 0.15) is 42.9 Å². The van der Waals surface area contributed by atoms with E-state index in [2.05, 4.69) is 4.98 Å². The van der Waals surface area contributed by atoms with Crippen molar-refractivity contribution >= 4 is 10.1 Å². The molecule has 7 nitrogen and oxygen atoms in total. The molecule has 172 valence electrons. The monoisotopic (exact) mass is 459 g/mol. The van der Waals surface area contributed by atoms with Crippen molar-refractivity contribution < 1.29 is 26.9 Å². The summed E-state index contributed by atoms with van der Waals surface area (Å²) < 4.78 is 48.2. The Kier molecular flexibility index (Phi) is 8.44. The quantitative estimate of drug-likeness (QED) is 0.380. The Balaban J connectivity index is 1.53. The summed E-state index contributed by atoms with van der Waals surface area (Å²) in [6.07, 6.45) is 1.22. The number of ether oxygens (including phenoxy) is 2. The summed E-state index contributed by atoms with van der Waals surface area (Å²) in [4.78, 5) is 4.59. The normalized spacial score (nSPS) is 12.6. The molecule has 1 unspecified atom stereocenters. The minimum absolute atomic E-state index is 0.231. The van der Waals surface area contributed by atoms with Gasteiger partial charge in [-0.2, -0.15) is 8.42 Å². The minimum Gasteiger partial charge on any atom is -0.493 e. The van der Waals surface area contributed by atoms with Crippen molar-refractivity contribution in [3.05, 3.63) is 71.6 Å². The van der Waals surface area contributed by atoms with Gasteiger partial charge in [-0.25, -0.2) is 4.98 Å². The summed E-state index contributed by atoms with van der Waals surface area (Å²) in [5, 5.41) is 0. The minimum atomic E-state index is -3.96. The molecule has 1 heterocycles. The number of hydrogen-bond donors (Lipinski definition) is 1. The van der Waals surface area contributed by atoms with E-state index in [1.165, 1.54) is 0 Å². The van der Waals surface area contributed by atoms with Crippen molar-refractivity contribution in [1.82, 2.24) is 4.98 Å². The topological polar surface area (TPSA) is 98.9 Å². The Labute approximate surface area is 189 Å². The van der Waals surface area contributed by atoms with Crippen LogP contribution in [-0.2, 0) is 21.3 Å². The lowest BCUT2D eigenvalue weighted by Crippen LogP contribution is -2.09. The van der Waals surface area contributed by atoms with Crippen LogP contribution in [-0.4, -0.2) is 36.9 Å². The lowest BCUT2D eigenvalue weighted by molar-refractivity contribution is 0.0557. The van der Waals surface area contributed by atoms with Crippen LogP contribution >= 0.6 is 0 Å². The predicted octanol–water partition coefficient (Wildman–Crippen LogP) is 5.02. The third-order valence-electron chi connectivity index (χ3n) is 5.01. The van der Waals surface area contributed by atoms with Gasteiger partial charge in [-0.1, -0.05) is 30.3 Å². The van der Waals surface area contributed by atoms with Crippen LogP contribution in [0.3, 0.4) is 0 Å². The van der Waals surface area contributed by atoms with Crippen LogP contribution in [0, 0.1) is 6.92 Å². The van der Waals surface area contributed by atoms with Gasteiger partial charge in [0.2, 0.25) is 5.89 Å². The summed E-state index contributed by atoms with van der Waals surface area (Å²) in [7, 11) is -3.96. The molecule has 0 spiro atoms. The SMILES string of the molecule is CCOC(CCCS(=O)(=O)O)c1ccc(OCCc2nc(-c3ccccc3)oc2C)cc1. The highest BCUT2D eigenvalue weighted by Crippen LogP contribution is 2.26. The fourth-order valence-electron chi connectivity index (χ4n) is 3.41. The Bertz CT molecular complexity index is 1080. The number of hydrogen-bond acceptors (Lipinski definition) is 6. The highest BCUT2D eigenvalue weighted by Gasteiger charge is 2.14. The van der Waals surface area contributed by atoms with E-state index in [-0.39, 0.29) is 11.9 Å². The first-order valence-corrected chi connectivity index (χ1v) is 12.3. The van der Waals surface area contributed by atoms with E-state index in [1.54, 1.807) is 0 Å².